The molecule has 36 heavy (non-hydrogen) atoms. The third-order valence-corrected chi connectivity index (χ3v) is 8.49. The third kappa shape index (κ3) is 6.46. The highest BCUT2D eigenvalue weighted by molar-refractivity contribution is 6.76. The topological polar surface area (TPSA) is 84.8 Å². The van der Waals surface area contributed by atoms with Crippen LogP contribution in [0.4, 0.5) is 0 Å². The summed E-state index contributed by atoms with van der Waals surface area (Å²) in [5.74, 6) is -0.833. The standard InChI is InChI=1S/C27H42O8Si/c1-19-14-21(16-30-18-29-12-13-36(4,5)6)32-23(19)27(17-28)24-22(33-26(2,3)34-24)25(35-27)31-15-20-10-8-7-9-11-20/h7-11,14,21-25,28H,12-13,15-18H2,1-6H3/t21-,22+,23-,24-,25+,27+/m1/s1. The van der Waals surface area contributed by atoms with Crippen molar-refractivity contribution in [2.24, 2.45) is 0 Å². The quantitative estimate of drug-likeness (QED) is 0.192. The molecule has 0 spiro atoms. The van der Waals surface area contributed by atoms with Crippen LogP contribution in [0.2, 0.25) is 25.7 Å². The van der Waals surface area contributed by atoms with E-state index in [1.165, 1.54) is 0 Å². The van der Waals surface area contributed by atoms with E-state index in [0.29, 0.717) is 19.8 Å². The van der Waals surface area contributed by atoms with Crippen molar-refractivity contribution in [1.82, 2.24) is 0 Å². The molecule has 2 fully saturated rings. The molecule has 0 amide bonds. The average Bonchev–Trinajstić information content (AvgIpc) is 3.44. The Morgan fingerprint density at radius 1 is 1.03 bits per heavy atom. The molecule has 0 unspecified atom stereocenters. The number of rotatable bonds is 12. The summed E-state index contributed by atoms with van der Waals surface area (Å²) in [5.41, 5.74) is 0.811. The zero-order valence-corrected chi connectivity index (χ0v) is 23.4. The van der Waals surface area contributed by atoms with Gasteiger partial charge >= 0.3 is 0 Å². The normalized spacial score (nSPS) is 33.6. The molecule has 0 bridgehead atoms. The summed E-state index contributed by atoms with van der Waals surface area (Å²) in [6.07, 6.45) is -0.559. The van der Waals surface area contributed by atoms with Gasteiger partial charge in [-0.3, -0.25) is 0 Å². The van der Waals surface area contributed by atoms with Crippen molar-refractivity contribution in [2.45, 2.75) is 95.2 Å². The van der Waals surface area contributed by atoms with Crippen molar-refractivity contribution in [2.75, 3.05) is 26.6 Å². The molecular weight excluding hydrogens is 480 g/mol. The van der Waals surface area contributed by atoms with Crippen LogP contribution in [0.25, 0.3) is 0 Å². The molecule has 0 aromatic heterocycles. The van der Waals surface area contributed by atoms with E-state index in [4.69, 9.17) is 33.2 Å². The Labute approximate surface area is 215 Å². The minimum absolute atomic E-state index is 0.231. The maximum Gasteiger partial charge on any atom is 0.187 e. The highest BCUT2D eigenvalue weighted by atomic mass is 28.3. The molecule has 4 rings (SSSR count). The molecule has 0 radical (unpaired) electrons. The summed E-state index contributed by atoms with van der Waals surface area (Å²) < 4.78 is 42.7. The predicted octanol–water partition coefficient (Wildman–Crippen LogP) is 3.85. The van der Waals surface area contributed by atoms with E-state index >= 15 is 0 Å². The maximum absolute atomic E-state index is 10.7. The Hall–Kier alpha value is -1.14. The van der Waals surface area contributed by atoms with E-state index in [2.05, 4.69) is 19.6 Å². The van der Waals surface area contributed by atoms with Gasteiger partial charge in [0.05, 0.1) is 19.8 Å². The van der Waals surface area contributed by atoms with Crippen molar-refractivity contribution in [3.05, 3.63) is 47.5 Å². The zero-order valence-electron chi connectivity index (χ0n) is 22.4. The molecule has 1 N–H and O–H groups in total. The maximum atomic E-state index is 10.7. The van der Waals surface area contributed by atoms with Gasteiger partial charge in [0.25, 0.3) is 0 Å². The molecule has 9 heteroatoms. The highest BCUT2D eigenvalue weighted by Crippen LogP contribution is 2.49. The van der Waals surface area contributed by atoms with Gasteiger partial charge in [0.15, 0.2) is 17.7 Å². The number of hydrogen-bond donors (Lipinski definition) is 1. The molecular formula is C27H42O8Si. The molecule has 1 aromatic carbocycles. The van der Waals surface area contributed by atoms with Crippen molar-refractivity contribution in [3.8, 4) is 0 Å². The molecule has 6 atom stereocenters. The molecule has 0 saturated carbocycles. The van der Waals surface area contributed by atoms with Crippen molar-refractivity contribution in [3.63, 3.8) is 0 Å². The first-order chi connectivity index (χ1) is 17.0. The van der Waals surface area contributed by atoms with Gasteiger partial charge in [-0.05, 0) is 38.0 Å². The average molecular weight is 523 g/mol. The van der Waals surface area contributed by atoms with E-state index < -0.39 is 44.1 Å². The first-order valence-corrected chi connectivity index (χ1v) is 16.5. The summed E-state index contributed by atoms with van der Waals surface area (Å²) in [7, 11) is -1.13. The zero-order chi connectivity index (χ0) is 26.0. The second kappa shape index (κ2) is 11.3. The Kier molecular flexibility index (Phi) is 8.76. The molecule has 3 aliphatic heterocycles. The molecule has 3 heterocycles. The SMILES string of the molecule is CC1=C[C@H](COCOCC[Si](C)(C)C)O[C@H]1[C@]1(CO)O[C@H](OCc2ccccc2)[C@H]2OC(C)(C)O[C@H]21. The Morgan fingerprint density at radius 2 is 1.78 bits per heavy atom. The van der Waals surface area contributed by atoms with E-state index in [0.717, 1.165) is 17.2 Å². The van der Waals surface area contributed by atoms with Gasteiger partial charge in [0.2, 0.25) is 0 Å². The fourth-order valence-electron chi connectivity index (χ4n) is 4.97. The Balaban J connectivity index is 1.38. The monoisotopic (exact) mass is 522 g/mol. The number of aliphatic hydroxyl groups excluding tert-OH is 1. The molecule has 3 aliphatic rings. The number of benzene rings is 1. The molecule has 0 aliphatic carbocycles. The van der Waals surface area contributed by atoms with Gasteiger partial charge in [-0.2, -0.15) is 0 Å². The molecule has 1 aromatic rings. The minimum atomic E-state index is -1.16. The predicted molar refractivity (Wildman–Crippen MR) is 137 cm³/mol. The smallest absolute Gasteiger partial charge is 0.187 e. The summed E-state index contributed by atoms with van der Waals surface area (Å²) in [5, 5.41) is 10.7. The fourth-order valence-corrected chi connectivity index (χ4v) is 5.73. The Bertz CT molecular complexity index is 886. The van der Waals surface area contributed by atoms with Crippen LogP contribution in [-0.2, 0) is 39.8 Å². The van der Waals surface area contributed by atoms with E-state index in [1.54, 1.807) is 0 Å². The van der Waals surface area contributed by atoms with Crippen molar-refractivity contribution in [1.29, 1.82) is 0 Å². The van der Waals surface area contributed by atoms with E-state index in [9.17, 15) is 5.11 Å². The van der Waals surface area contributed by atoms with Crippen LogP contribution < -0.4 is 0 Å². The summed E-state index contributed by atoms with van der Waals surface area (Å²) in [6, 6.07) is 11.0. The number of ether oxygens (including phenoxy) is 7. The van der Waals surface area contributed by atoms with E-state index in [1.807, 2.05) is 57.2 Å². The van der Waals surface area contributed by atoms with Gasteiger partial charge in [-0.1, -0.05) is 56.0 Å². The van der Waals surface area contributed by atoms with Crippen LogP contribution in [0.5, 0.6) is 0 Å². The van der Waals surface area contributed by atoms with Gasteiger partial charge < -0.3 is 38.3 Å². The van der Waals surface area contributed by atoms with Gasteiger partial charge in [-0.15, -0.1) is 0 Å². The second-order valence-corrected chi connectivity index (χ2v) is 17.2. The summed E-state index contributed by atoms with van der Waals surface area (Å²) in [4.78, 5) is 0. The van der Waals surface area contributed by atoms with Gasteiger partial charge in [-0.25, -0.2) is 0 Å². The highest BCUT2D eigenvalue weighted by Gasteiger charge is 2.67. The lowest BCUT2D eigenvalue weighted by Gasteiger charge is -2.38. The minimum Gasteiger partial charge on any atom is -0.393 e. The number of hydrogen-bond acceptors (Lipinski definition) is 8. The molecule has 2 saturated heterocycles. The van der Waals surface area contributed by atoms with Crippen LogP contribution in [0, 0.1) is 0 Å². The first-order valence-electron chi connectivity index (χ1n) is 12.8. The van der Waals surface area contributed by atoms with E-state index in [-0.39, 0.29) is 19.5 Å². The molecule has 202 valence electrons. The van der Waals surface area contributed by atoms with Crippen molar-refractivity contribution >= 4 is 8.07 Å². The largest absolute Gasteiger partial charge is 0.393 e. The van der Waals surface area contributed by atoms with Crippen LogP contribution in [0.15, 0.2) is 42.0 Å². The third-order valence-electron chi connectivity index (χ3n) is 6.78. The van der Waals surface area contributed by atoms with Gasteiger partial charge in [0, 0.05) is 14.7 Å². The van der Waals surface area contributed by atoms with Crippen LogP contribution in [-0.4, -0.2) is 81.9 Å². The summed E-state index contributed by atoms with van der Waals surface area (Å²) in [6.45, 7) is 14.0. The van der Waals surface area contributed by atoms with Gasteiger partial charge in [0.1, 0.15) is 31.2 Å². The van der Waals surface area contributed by atoms with Crippen molar-refractivity contribution < 1.29 is 38.3 Å². The fraction of sp³-hybridized carbons (Fsp3) is 0.704. The number of aliphatic hydroxyl groups is 1. The number of fused-ring (bicyclic) bond motifs is 1. The lowest BCUT2D eigenvalue weighted by atomic mass is 9.86. The van der Waals surface area contributed by atoms with Crippen LogP contribution in [0.1, 0.15) is 26.3 Å². The molecule has 8 nitrogen and oxygen atoms in total. The lowest BCUT2D eigenvalue weighted by Crippen LogP contribution is -2.56. The Morgan fingerprint density at radius 3 is 2.47 bits per heavy atom. The summed E-state index contributed by atoms with van der Waals surface area (Å²) >= 11 is 0. The van der Waals surface area contributed by atoms with Crippen LogP contribution >= 0.6 is 0 Å². The first kappa shape index (κ1) is 27.9. The second-order valence-electron chi connectivity index (χ2n) is 11.6. The lowest BCUT2D eigenvalue weighted by molar-refractivity contribution is -0.282. The van der Waals surface area contributed by atoms with Crippen LogP contribution in [0.3, 0.4) is 0 Å².